The van der Waals surface area contributed by atoms with Crippen LogP contribution in [-0.4, -0.2) is 36.7 Å². The van der Waals surface area contributed by atoms with Crippen LogP contribution >= 0.6 is 0 Å². The number of benzene rings is 2. The lowest BCUT2D eigenvalue weighted by Crippen LogP contribution is -2.29. The number of nitrogens with zero attached hydrogens (tertiary/aromatic N) is 9. The molecule has 2 aromatic carbocycles. The number of nitriles is 1. The smallest absolute Gasteiger partial charge is 0.266 e. The van der Waals surface area contributed by atoms with E-state index in [1.165, 1.54) is 12.2 Å². The molecule has 12 nitrogen and oxygen atoms in total. The maximum atomic E-state index is 14.5. The summed E-state index contributed by atoms with van der Waals surface area (Å²) in [6.45, 7) is 14.6. The topological polar surface area (TPSA) is 148 Å². The first-order valence-electron chi connectivity index (χ1n) is 12.7. The Kier molecular flexibility index (Phi) is 6.51. The number of nitrogens with one attached hydrogen (secondary N) is 1. The molecular weight excluding hydrogens is 660 g/mol. The average molecular weight is 664 g/mol. The van der Waals surface area contributed by atoms with E-state index in [0.29, 0.717) is 0 Å². The monoisotopic (exact) mass is 664 g/mol. The first kappa shape index (κ1) is 29.7. The minimum Gasteiger partial charge on any atom is -0.430 e. The predicted molar refractivity (Wildman–Crippen MR) is 142 cm³/mol. The Labute approximate surface area is 258 Å². The fourth-order valence-electron chi connectivity index (χ4n) is 4.58. The van der Waals surface area contributed by atoms with E-state index < -0.39 is 110 Å². The molecule has 1 N–H and O–H groups in total. The molecule has 4 heterocycles. The summed E-state index contributed by atoms with van der Waals surface area (Å²) in [4.78, 5) is 29.7. The van der Waals surface area contributed by atoms with Gasteiger partial charge in [0.25, 0.3) is 11.8 Å². The molecule has 5 aromatic rings. The molecular formula is C28H4F8N10O2. The van der Waals surface area contributed by atoms with Crippen molar-refractivity contribution in [2.24, 2.45) is 4.99 Å². The number of hydrogen-bond donors (Lipinski definition) is 1. The van der Waals surface area contributed by atoms with Crippen molar-refractivity contribution in [3.63, 3.8) is 0 Å². The van der Waals surface area contributed by atoms with Crippen molar-refractivity contribution in [1.29, 1.82) is 5.26 Å². The highest BCUT2D eigenvalue weighted by Gasteiger charge is 2.32. The van der Waals surface area contributed by atoms with Gasteiger partial charge in [-0.3, -0.25) is 9.69 Å². The first-order chi connectivity index (χ1) is 22.9. The van der Waals surface area contributed by atoms with E-state index in [1.54, 1.807) is 6.07 Å². The third-order valence-corrected chi connectivity index (χ3v) is 6.78. The number of fused-ring (bicyclic) bond motifs is 3. The quantitative estimate of drug-likeness (QED) is 0.0828. The fraction of sp³-hybridized carbons (Fsp3) is 0.0357. The number of halogens is 8. The van der Waals surface area contributed by atoms with Crippen LogP contribution in [0.15, 0.2) is 43.2 Å². The van der Waals surface area contributed by atoms with E-state index in [2.05, 4.69) is 44.9 Å². The lowest BCUT2D eigenvalue weighted by Gasteiger charge is -2.13. The van der Waals surface area contributed by atoms with Crippen LogP contribution in [0.25, 0.3) is 60.9 Å². The van der Waals surface area contributed by atoms with E-state index in [-0.39, 0.29) is 22.9 Å². The number of aliphatic imine (C=N–C) groups is 1. The zero-order valence-corrected chi connectivity index (χ0v) is 22.6. The first-order valence-corrected chi connectivity index (χ1v) is 12.7. The Bertz CT molecular complexity index is 2380. The van der Waals surface area contributed by atoms with Gasteiger partial charge in [0.1, 0.15) is 17.5 Å². The minimum absolute atomic E-state index is 0.0162. The van der Waals surface area contributed by atoms with Crippen LogP contribution in [0.2, 0.25) is 0 Å². The highest BCUT2D eigenvalue weighted by Crippen LogP contribution is 2.34. The molecule has 7 rings (SSSR count). The lowest BCUT2D eigenvalue weighted by atomic mass is 10.0. The second-order valence-corrected chi connectivity index (χ2v) is 9.51. The van der Waals surface area contributed by atoms with Crippen LogP contribution in [0.5, 0.6) is 0 Å². The zero-order chi connectivity index (χ0) is 34.2. The molecule has 1 aliphatic carbocycles. The maximum Gasteiger partial charge on any atom is 0.266 e. The molecule has 1 unspecified atom stereocenters. The van der Waals surface area contributed by atoms with Crippen molar-refractivity contribution < 1.29 is 44.0 Å². The molecule has 234 valence electrons. The summed E-state index contributed by atoms with van der Waals surface area (Å²) < 4.78 is 124. The molecule has 48 heavy (non-hydrogen) atoms. The van der Waals surface area contributed by atoms with E-state index in [0.717, 1.165) is 0 Å². The summed E-state index contributed by atoms with van der Waals surface area (Å²) in [5.74, 6) is -21.2. The van der Waals surface area contributed by atoms with Gasteiger partial charge in [-0.15, -0.1) is 0 Å². The normalized spacial score (nSPS) is 16.4. The third-order valence-electron chi connectivity index (χ3n) is 6.78. The van der Waals surface area contributed by atoms with Crippen LogP contribution in [0.1, 0.15) is 5.82 Å². The van der Waals surface area contributed by atoms with Crippen molar-refractivity contribution in [2.75, 3.05) is 0 Å². The van der Waals surface area contributed by atoms with Gasteiger partial charge in [0.05, 0.1) is 24.9 Å². The van der Waals surface area contributed by atoms with Gasteiger partial charge >= 0.3 is 0 Å². The van der Waals surface area contributed by atoms with Gasteiger partial charge in [-0.2, -0.15) is 19.0 Å². The van der Waals surface area contributed by atoms with Crippen molar-refractivity contribution in [3.8, 4) is 29.5 Å². The van der Waals surface area contributed by atoms with E-state index in [1.807, 2.05) is 0 Å². The fourth-order valence-corrected chi connectivity index (χ4v) is 4.58. The van der Waals surface area contributed by atoms with E-state index in [9.17, 15) is 40.4 Å². The van der Waals surface area contributed by atoms with Gasteiger partial charge in [0, 0.05) is 0 Å². The molecule has 0 radical (unpaired) electrons. The molecule has 0 spiro atoms. The van der Waals surface area contributed by atoms with Gasteiger partial charge in [-0.1, -0.05) is 6.08 Å². The van der Waals surface area contributed by atoms with Crippen LogP contribution in [0, 0.1) is 71.0 Å². The standard InChI is InChI=1S/C28H4F8N10O2/c1-38-7-3-9-10(4-8(7)39-2)41-23(40-9)6(5-37)24-44-25(27-42-19-15(33)11(29)13(31)17(35)21(19)47-27)46-26(45-24)28-43-20-16(34)12(30)14(32)18(36)22(20)48-28/h3-4,9,40H/b23-6+. The molecule has 0 amide bonds. The van der Waals surface area contributed by atoms with Crippen molar-refractivity contribution in [2.45, 2.75) is 6.04 Å². The van der Waals surface area contributed by atoms with Crippen molar-refractivity contribution in [3.05, 3.63) is 105 Å². The number of allylic oxidation sites excluding steroid dienone is 1. The Morgan fingerprint density at radius 1 is 0.708 bits per heavy atom. The van der Waals surface area contributed by atoms with Crippen molar-refractivity contribution in [1.82, 2.24) is 30.2 Å². The van der Waals surface area contributed by atoms with E-state index in [4.69, 9.17) is 22.0 Å². The summed E-state index contributed by atoms with van der Waals surface area (Å²) >= 11 is 0. The molecule has 20 heteroatoms. The largest absolute Gasteiger partial charge is 0.430 e. The van der Waals surface area contributed by atoms with E-state index >= 15 is 0 Å². The molecule has 0 saturated heterocycles. The average Bonchev–Trinajstić information content (AvgIpc) is 3.85. The summed E-state index contributed by atoms with van der Waals surface area (Å²) in [6, 6.07) is 0.946. The minimum atomic E-state index is -2.23. The van der Waals surface area contributed by atoms with Crippen LogP contribution < -0.4 is 5.32 Å². The molecule has 0 fully saturated rings. The molecule has 1 atom stereocenters. The Morgan fingerprint density at radius 2 is 1.21 bits per heavy atom. The Hall–Kier alpha value is -7.01. The molecule has 1 aliphatic heterocycles. The number of rotatable bonds is 3. The second kappa shape index (κ2) is 10.5. The summed E-state index contributed by atoms with van der Waals surface area (Å²) in [5, 5.41) is 12.9. The summed E-state index contributed by atoms with van der Waals surface area (Å²) in [6.07, 6.45) is 2.63. The van der Waals surface area contributed by atoms with Gasteiger partial charge in [-0.25, -0.2) is 51.3 Å². The van der Waals surface area contributed by atoms with Crippen molar-refractivity contribution >= 4 is 33.5 Å². The molecule has 3 aromatic heterocycles. The van der Waals surface area contributed by atoms with Crippen LogP contribution in [0.3, 0.4) is 0 Å². The highest BCUT2D eigenvalue weighted by atomic mass is 19.2. The summed E-state index contributed by atoms with van der Waals surface area (Å²) in [5.41, 5.74) is -5.09. The van der Waals surface area contributed by atoms with Gasteiger partial charge in [0.2, 0.25) is 34.9 Å². The predicted octanol–water partition coefficient (Wildman–Crippen LogP) is 5.83. The Morgan fingerprint density at radius 3 is 1.69 bits per heavy atom. The number of oxazole rings is 2. The Balaban J connectivity index is 1.47. The maximum absolute atomic E-state index is 14.5. The van der Waals surface area contributed by atoms with Crippen LogP contribution in [0.4, 0.5) is 35.1 Å². The molecule has 2 aliphatic rings. The van der Waals surface area contributed by atoms with Crippen LogP contribution in [-0.2, 0) is 0 Å². The number of aromatic nitrogens is 5. The van der Waals surface area contributed by atoms with Gasteiger partial charge < -0.3 is 14.2 Å². The number of hydrogen-bond acceptors (Lipinski definition) is 10. The summed E-state index contributed by atoms with van der Waals surface area (Å²) in [7, 11) is 0. The van der Waals surface area contributed by atoms with Gasteiger partial charge in [-0.05, 0) is 6.08 Å². The molecule has 0 bridgehead atoms. The second-order valence-electron chi connectivity index (χ2n) is 9.51. The molecule has 0 saturated carbocycles. The zero-order valence-electron chi connectivity index (χ0n) is 22.6. The van der Waals surface area contributed by atoms with Gasteiger partial charge in [0.15, 0.2) is 62.7 Å². The third kappa shape index (κ3) is 4.26. The lowest BCUT2D eigenvalue weighted by molar-refractivity contribution is 0.410. The highest BCUT2D eigenvalue weighted by molar-refractivity contribution is 6.06. The SMILES string of the molecule is [C-]#[N+]C1=CC2=N/C(=C(\C#N)c3nc(-c4nc5c(F)c(F)c(F)c(F)c5o4)nc(-c4nc5c(F)c(F)c(F)c(F)c5o4)n3)NC2C=C1[N+]#[C-].